The fourth-order valence-electron chi connectivity index (χ4n) is 5.51. The summed E-state index contributed by atoms with van der Waals surface area (Å²) in [7, 11) is 1.03. The second-order valence-corrected chi connectivity index (χ2v) is 12.8. The van der Waals surface area contributed by atoms with E-state index < -0.39 is 10.0 Å². The minimum atomic E-state index is -3.84. The summed E-state index contributed by atoms with van der Waals surface area (Å²) in [6.45, 7) is 2.95. The molecule has 1 aromatic heterocycles. The molecule has 0 saturated heterocycles. The monoisotopic (exact) mass is 655 g/mol. The van der Waals surface area contributed by atoms with Crippen molar-refractivity contribution in [3.63, 3.8) is 0 Å². The van der Waals surface area contributed by atoms with Gasteiger partial charge in [0.1, 0.15) is 23.8 Å². The van der Waals surface area contributed by atoms with Crippen molar-refractivity contribution in [2.24, 2.45) is 0 Å². The molecule has 0 fully saturated rings. The largest absolute Gasteiger partial charge is 0.497 e. The van der Waals surface area contributed by atoms with Crippen LogP contribution in [0.2, 0.25) is 0 Å². The van der Waals surface area contributed by atoms with Gasteiger partial charge in [-0.3, -0.25) is 9.62 Å². The van der Waals surface area contributed by atoms with Gasteiger partial charge in [0.25, 0.3) is 10.0 Å². The number of ether oxygens (including phenoxy) is 4. The van der Waals surface area contributed by atoms with Crippen LogP contribution in [0, 0.1) is 0 Å². The van der Waals surface area contributed by atoms with Crippen molar-refractivity contribution in [3.8, 4) is 28.7 Å². The molecular weight excluding hydrogens is 618 g/mol. The summed E-state index contributed by atoms with van der Waals surface area (Å²) in [6.07, 6.45) is 3.71. The van der Waals surface area contributed by atoms with Crippen LogP contribution in [0.15, 0.2) is 96.0 Å². The summed E-state index contributed by atoms with van der Waals surface area (Å²) in [5.74, 6) is 2.49. The summed E-state index contributed by atoms with van der Waals surface area (Å²) >= 11 is 0. The van der Waals surface area contributed by atoms with Crippen LogP contribution >= 0.6 is 0 Å². The first-order valence-corrected chi connectivity index (χ1v) is 16.7. The number of sulfonamides is 1. The molecule has 47 heavy (non-hydrogen) atoms. The summed E-state index contributed by atoms with van der Waals surface area (Å²) in [4.78, 5) is 2.58. The Kier molecular flexibility index (Phi) is 9.60. The first-order chi connectivity index (χ1) is 22.8. The van der Waals surface area contributed by atoms with E-state index in [9.17, 15) is 8.42 Å². The minimum Gasteiger partial charge on any atom is -0.497 e. The Morgan fingerprint density at radius 1 is 0.830 bits per heavy atom. The van der Waals surface area contributed by atoms with Gasteiger partial charge in [-0.05, 0) is 90.2 Å². The smallest absolute Gasteiger partial charge is 0.262 e. The van der Waals surface area contributed by atoms with E-state index in [1.165, 1.54) is 35.9 Å². The molecule has 12 heteroatoms. The molecule has 0 bridgehead atoms. The van der Waals surface area contributed by atoms with Crippen LogP contribution < -0.4 is 23.7 Å². The number of benzene rings is 4. The first kappa shape index (κ1) is 31.9. The van der Waals surface area contributed by atoms with Gasteiger partial charge in [-0.25, -0.2) is 13.1 Å². The van der Waals surface area contributed by atoms with Crippen LogP contribution in [-0.2, 0) is 36.0 Å². The summed E-state index contributed by atoms with van der Waals surface area (Å²) in [6, 6.07) is 25.5. The fourth-order valence-corrected chi connectivity index (χ4v) is 6.58. The predicted octanol–water partition coefficient (Wildman–Crippen LogP) is 5.27. The number of fused-ring (bicyclic) bond motifs is 1. The number of hydrogen-bond donors (Lipinski definition) is 1. The maximum absolute atomic E-state index is 13.0. The van der Waals surface area contributed by atoms with E-state index >= 15 is 0 Å². The molecule has 2 heterocycles. The molecule has 5 aromatic rings. The Bertz CT molecular complexity index is 1930. The standard InChI is InChI=1S/C35H37N5O6S/c1-43-30-12-14-31(15-13-30)47(41,42)37-32-6-4-5-7-33(32)46-24-28-23-40(38-36-28)29-10-8-25(9-11-29)16-18-39-19-17-26-20-34(44-2)35(45-3)21-27(26)22-39/h4-15,20-21,23,37H,16-19,22,24H2,1-3H3. The number of hydrogen-bond acceptors (Lipinski definition) is 9. The van der Waals surface area contributed by atoms with Crippen LogP contribution in [-0.4, -0.2) is 62.7 Å². The zero-order valence-electron chi connectivity index (χ0n) is 26.5. The third-order valence-electron chi connectivity index (χ3n) is 8.13. The van der Waals surface area contributed by atoms with Crippen molar-refractivity contribution in [2.75, 3.05) is 39.1 Å². The quantitative estimate of drug-likeness (QED) is 0.181. The molecule has 0 amide bonds. The molecule has 0 saturated carbocycles. The highest BCUT2D eigenvalue weighted by atomic mass is 32.2. The van der Waals surface area contributed by atoms with Crippen molar-refractivity contribution >= 4 is 15.7 Å². The average Bonchev–Trinajstić information content (AvgIpc) is 3.59. The van der Waals surface area contributed by atoms with Gasteiger partial charge in [-0.1, -0.05) is 29.5 Å². The summed E-state index contributed by atoms with van der Waals surface area (Å²) in [5.41, 5.74) is 5.65. The Morgan fingerprint density at radius 2 is 1.55 bits per heavy atom. The molecule has 0 spiro atoms. The number of aromatic nitrogens is 3. The molecule has 6 rings (SSSR count). The van der Waals surface area contributed by atoms with E-state index in [-0.39, 0.29) is 11.5 Å². The lowest BCUT2D eigenvalue weighted by Crippen LogP contribution is -2.32. The van der Waals surface area contributed by atoms with Crippen LogP contribution in [0.4, 0.5) is 5.69 Å². The average molecular weight is 656 g/mol. The van der Waals surface area contributed by atoms with E-state index in [0.29, 0.717) is 22.9 Å². The Hall–Kier alpha value is -5.07. The molecule has 0 radical (unpaired) electrons. The molecule has 11 nitrogen and oxygen atoms in total. The lowest BCUT2D eigenvalue weighted by atomic mass is 9.98. The topological polar surface area (TPSA) is 117 Å². The molecule has 0 unspecified atom stereocenters. The van der Waals surface area contributed by atoms with Gasteiger partial charge in [-0.2, -0.15) is 0 Å². The minimum absolute atomic E-state index is 0.108. The van der Waals surface area contributed by atoms with Gasteiger partial charge in [0, 0.05) is 19.6 Å². The molecule has 4 aromatic carbocycles. The number of para-hydroxylation sites is 2. The SMILES string of the molecule is COc1ccc(S(=O)(=O)Nc2ccccc2OCc2cn(-c3ccc(CCN4CCc5cc(OC)c(OC)cc5C4)cc3)nn2)cc1. The van der Waals surface area contributed by atoms with E-state index in [1.54, 1.807) is 61.5 Å². The number of methoxy groups -OCH3 is 3. The van der Waals surface area contributed by atoms with E-state index in [0.717, 1.165) is 49.7 Å². The third kappa shape index (κ3) is 7.50. The van der Waals surface area contributed by atoms with E-state index in [2.05, 4.69) is 44.2 Å². The molecule has 1 aliphatic heterocycles. The normalized spacial score (nSPS) is 13.1. The lowest BCUT2D eigenvalue weighted by Gasteiger charge is -2.29. The molecule has 1 N–H and O–H groups in total. The molecular formula is C35H37N5O6S. The first-order valence-electron chi connectivity index (χ1n) is 15.2. The van der Waals surface area contributed by atoms with Gasteiger partial charge >= 0.3 is 0 Å². The number of anilines is 1. The van der Waals surface area contributed by atoms with Crippen LogP contribution in [0.25, 0.3) is 5.69 Å². The maximum Gasteiger partial charge on any atom is 0.262 e. The lowest BCUT2D eigenvalue weighted by molar-refractivity contribution is 0.255. The van der Waals surface area contributed by atoms with Crippen molar-refractivity contribution < 1.29 is 27.4 Å². The highest BCUT2D eigenvalue weighted by Gasteiger charge is 2.20. The van der Waals surface area contributed by atoms with Crippen LogP contribution in [0.5, 0.6) is 23.0 Å². The van der Waals surface area contributed by atoms with Gasteiger partial charge in [0.15, 0.2) is 11.5 Å². The molecule has 1 aliphatic rings. The van der Waals surface area contributed by atoms with Crippen molar-refractivity contribution in [2.45, 2.75) is 30.9 Å². The Labute approximate surface area is 274 Å². The summed E-state index contributed by atoms with van der Waals surface area (Å²) < 4.78 is 52.3. The third-order valence-corrected chi connectivity index (χ3v) is 9.51. The van der Waals surface area contributed by atoms with Gasteiger partial charge in [-0.15, -0.1) is 5.10 Å². The number of nitrogens with one attached hydrogen (secondary N) is 1. The zero-order chi connectivity index (χ0) is 32.8. The summed E-state index contributed by atoms with van der Waals surface area (Å²) in [5, 5.41) is 8.52. The van der Waals surface area contributed by atoms with Crippen molar-refractivity contribution in [3.05, 3.63) is 114 Å². The number of nitrogens with zero attached hydrogens (tertiary/aromatic N) is 4. The second-order valence-electron chi connectivity index (χ2n) is 11.1. The van der Waals surface area contributed by atoms with Gasteiger partial charge in [0.05, 0.1) is 43.8 Å². The molecule has 0 atom stereocenters. The fraction of sp³-hybridized carbons (Fsp3) is 0.257. The molecule has 244 valence electrons. The van der Waals surface area contributed by atoms with Gasteiger partial charge in [0.2, 0.25) is 0 Å². The predicted molar refractivity (Wildman–Crippen MR) is 178 cm³/mol. The maximum atomic E-state index is 13.0. The Balaban J connectivity index is 1.03. The molecule has 0 aliphatic carbocycles. The van der Waals surface area contributed by atoms with Crippen molar-refractivity contribution in [1.29, 1.82) is 0 Å². The number of rotatable bonds is 13. The van der Waals surface area contributed by atoms with Crippen LogP contribution in [0.3, 0.4) is 0 Å². The highest BCUT2D eigenvalue weighted by Crippen LogP contribution is 2.33. The van der Waals surface area contributed by atoms with Crippen LogP contribution in [0.1, 0.15) is 22.4 Å². The van der Waals surface area contributed by atoms with E-state index in [4.69, 9.17) is 18.9 Å². The second kappa shape index (κ2) is 14.1. The van der Waals surface area contributed by atoms with E-state index in [1.807, 2.05) is 12.1 Å². The Morgan fingerprint density at radius 3 is 2.28 bits per heavy atom. The van der Waals surface area contributed by atoms with Gasteiger partial charge < -0.3 is 18.9 Å². The zero-order valence-corrected chi connectivity index (χ0v) is 27.4. The van der Waals surface area contributed by atoms with Crippen molar-refractivity contribution in [1.82, 2.24) is 19.9 Å². The highest BCUT2D eigenvalue weighted by molar-refractivity contribution is 7.92.